The molecule has 4 aliphatic heterocycles. The van der Waals surface area contributed by atoms with Crippen LogP contribution in [-0.2, 0) is 25.7 Å². The van der Waals surface area contributed by atoms with Gasteiger partial charge in [-0.3, -0.25) is 9.97 Å². The number of benzene rings is 6. The van der Waals surface area contributed by atoms with Crippen molar-refractivity contribution < 1.29 is 36.5 Å². The molecule has 4 unspecified atom stereocenters. The molecular formula is C105H100F4N26O4. The lowest BCUT2D eigenvalue weighted by atomic mass is 10.1. The number of hydrogen-bond acceptors (Lipinski definition) is 26. The maximum Gasteiger partial charge on any atom is 0.235 e. The highest BCUT2D eigenvalue weighted by Gasteiger charge is 2.37. The van der Waals surface area contributed by atoms with Crippen LogP contribution in [0.3, 0.4) is 0 Å². The topological polar surface area (TPSA) is 351 Å². The van der Waals surface area contributed by atoms with Gasteiger partial charge in [0.15, 0.2) is 0 Å². The molecule has 0 bridgehead atoms. The lowest BCUT2D eigenvalue weighted by Gasteiger charge is -2.19. The Bertz CT molecular complexity index is 7510. The fourth-order valence-corrected chi connectivity index (χ4v) is 18.0. The average Bonchev–Trinajstić information content (AvgIpc) is 1.61. The second kappa shape index (κ2) is 40.6. The highest BCUT2D eigenvalue weighted by atomic mass is 19.1. The SMILES string of the molecule is CCCNc1nccc(-c2c(-c3ccc(F)cc3)nc3n2C(COc2nc(C)cnc2C)CC3)n1.CNc1nccc(-c2c(-c3ccc(F)cc3)nc3n2C(COc2nc(C)cnc2C)CC3)n1.CNc1nccc(-c2c(-c3ccc(F)cc3)nc3n2C(COc2nc4ccccc4cc2C)CC3)n1.Cc1cc2ccccc2nc1OCC1CCc2nc(-c3ccc(F)cc3)c(-c3ccnc(N)n3)n21. The van der Waals surface area contributed by atoms with Crippen molar-refractivity contribution >= 4 is 45.6 Å². The van der Waals surface area contributed by atoms with Crippen molar-refractivity contribution in [2.24, 2.45) is 0 Å². The van der Waals surface area contributed by atoms with Crippen molar-refractivity contribution in [3.05, 3.63) is 300 Å². The highest BCUT2D eigenvalue weighted by molar-refractivity contribution is 5.84. The fraction of sp³-hybridized carbons (Fsp3) is 0.257. The number of hydrogen-bond donors (Lipinski definition) is 4. The standard InChI is InChI=1S/C28H25FN6O.C27H23FN6O.C26H28FN7O.C24H24FN7O/c1-17-15-19-5-3-4-6-22(19)32-27(17)36-16-21-11-12-24-34-25(18-7-9-20(29)10-8-18)26(35(21)24)23-13-14-31-28(30-2)33-23;1-16-14-18-4-2-3-5-21(18)31-26(16)35-15-20-10-11-23-33-24(17-6-8-19(28)9-7-17)25(34(20)23)22-12-13-30-27(29)32-22;1-4-12-28-26-29-13-11-21(32-26)24-23(18-5-7-19(27)8-6-18)33-22-10-9-20(34(22)24)15-35-25-17(3)30-14-16(2)31-25;1-14-12-28-15(2)23(29-14)33-13-18-8-9-20-31-21(16-4-6-17(25)7-5-16)22(32(18)20)19-10-11-27-24(26-3)30-19/h3-10,13-15,21H,11-12,16H2,1-2H3,(H,30,31,33);2-9,12-14,20H,10-11,15H2,1H3,(H2,29,30,32);5-8,11,13-14,20H,4,9-10,12,15H2,1-3H3,(H,28,29,32);4-7,10-12,18H,8-9,13H2,1-3H3,(H,26,27,30). The van der Waals surface area contributed by atoms with Crippen LogP contribution in [0.1, 0.15) is 120 Å². The van der Waals surface area contributed by atoms with Crippen LogP contribution < -0.4 is 40.6 Å². The van der Waals surface area contributed by atoms with Crippen LogP contribution in [-0.4, -0.2) is 155 Å². The van der Waals surface area contributed by atoms with Crippen molar-refractivity contribution in [3.8, 4) is 114 Å². The van der Waals surface area contributed by atoms with Gasteiger partial charge in [0.05, 0.1) is 126 Å². The number of anilines is 4. The third kappa shape index (κ3) is 19.9. The molecule has 30 nitrogen and oxygen atoms in total. The first-order valence-electron chi connectivity index (χ1n) is 46.2. The van der Waals surface area contributed by atoms with Crippen molar-refractivity contribution in [1.82, 2.24) is 108 Å². The molecule has 0 saturated heterocycles. The minimum absolute atomic E-state index is 0.0329. The van der Waals surface area contributed by atoms with Gasteiger partial charge in [0.25, 0.3) is 0 Å². The lowest BCUT2D eigenvalue weighted by molar-refractivity contribution is 0.244. The van der Waals surface area contributed by atoms with Crippen molar-refractivity contribution in [1.29, 1.82) is 0 Å². The number of rotatable bonds is 25. The third-order valence-corrected chi connectivity index (χ3v) is 24.7. The fourth-order valence-electron chi connectivity index (χ4n) is 18.0. The Hall–Kier alpha value is -16.4. The van der Waals surface area contributed by atoms with Crippen LogP contribution >= 0.6 is 0 Å². The molecule has 0 aliphatic carbocycles. The summed E-state index contributed by atoms with van der Waals surface area (Å²) in [5, 5.41) is 11.4. The maximum absolute atomic E-state index is 13.7. The number of imidazole rings is 4. The van der Waals surface area contributed by atoms with Crippen LogP contribution in [0.25, 0.3) is 112 Å². The van der Waals surface area contributed by atoms with E-state index in [0.29, 0.717) is 73.5 Å². The Morgan fingerprint density at radius 3 is 0.986 bits per heavy atom. The second-order valence-corrected chi connectivity index (χ2v) is 34.4. The first-order chi connectivity index (χ1) is 67.7. The lowest BCUT2D eigenvalue weighted by Crippen LogP contribution is -2.16. The molecule has 16 heterocycles. The van der Waals surface area contributed by atoms with Crippen molar-refractivity contribution in [2.75, 3.05) is 68.8 Å². The molecule has 0 saturated carbocycles. The molecule has 22 rings (SSSR count). The van der Waals surface area contributed by atoms with Gasteiger partial charge in [0.1, 0.15) is 73.0 Å². The van der Waals surface area contributed by atoms with Gasteiger partial charge in [-0.15, -0.1) is 0 Å². The summed E-state index contributed by atoms with van der Waals surface area (Å²) in [5.41, 5.74) is 25.6. The van der Waals surface area contributed by atoms with E-state index in [2.05, 4.69) is 109 Å². The van der Waals surface area contributed by atoms with Gasteiger partial charge in [-0.2, -0.15) is 0 Å². The Kier molecular flexibility index (Phi) is 26.8. The summed E-state index contributed by atoms with van der Waals surface area (Å²) in [7, 11) is 3.57. The van der Waals surface area contributed by atoms with Crippen LogP contribution in [0.15, 0.2) is 219 Å². The molecule has 4 atom stereocenters. The molecule has 702 valence electrons. The van der Waals surface area contributed by atoms with E-state index in [4.69, 9.17) is 64.6 Å². The van der Waals surface area contributed by atoms with E-state index in [0.717, 1.165) is 228 Å². The quantitative estimate of drug-likeness (QED) is 0.0386. The van der Waals surface area contributed by atoms with Crippen LogP contribution in [0.2, 0.25) is 0 Å². The number of nitrogens with two attached hydrogens (primary N) is 1. The number of halogens is 4. The van der Waals surface area contributed by atoms with Gasteiger partial charge in [0.2, 0.25) is 47.3 Å². The molecule has 0 amide bonds. The minimum atomic E-state index is -0.294. The summed E-state index contributed by atoms with van der Waals surface area (Å²) in [6, 6.07) is 53.4. The van der Waals surface area contributed by atoms with E-state index in [-0.39, 0.29) is 53.4 Å². The smallest absolute Gasteiger partial charge is 0.235 e. The molecule has 0 fully saturated rings. The van der Waals surface area contributed by atoms with Gasteiger partial charge in [-0.05, 0) is 219 Å². The summed E-state index contributed by atoms with van der Waals surface area (Å²) in [6.07, 6.45) is 18.1. The number of nitrogen functional groups attached to an aromatic ring is 1. The molecule has 6 aromatic carbocycles. The summed E-state index contributed by atoms with van der Waals surface area (Å²) in [4.78, 5) is 82.5. The molecule has 5 N–H and O–H groups in total. The normalized spacial score (nSPS) is 14.8. The number of fused-ring (bicyclic) bond motifs is 6. The zero-order valence-corrected chi connectivity index (χ0v) is 78.1. The third-order valence-electron chi connectivity index (χ3n) is 24.7. The summed E-state index contributed by atoms with van der Waals surface area (Å²) in [6.45, 7) is 16.2. The monoisotopic (exact) mass is 1860 g/mol. The van der Waals surface area contributed by atoms with Crippen LogP contribution in [0, 0.1) is 64.8 Å². The van der Waals surface area contributed by atoms with E-state index >= 15 is 0 Å². The highest BCUT2D eigenvalue weighted by Crippen LogP contribution is 2.46. The molecule has 0 radical (unpaired) electrons. The number of ether oxygens (including phenoxy) is 4. The van der Waals surface area contributed by atoms with E-state index < -0.39 is 0 Å². The summed E-state index contributed by atoms with van der Waals surface area (Å²) in [5.74, 6) is 6.83. The Labute approximate surface area is 798 Å². The molecule has 34 heteroatoms. The van der Waals surface area contributed by atoms with E-state index in [1.165, 1.54) is 48.5 Å². The molecule has 139 heavy (non-hydrogen) atoms. The Morgan fingerprint density at radius 1 is 0.345 bits per heavy atom. The van der Waals surface area contributed by atoms with Crippen LogP contribution in [0.4, 0.5) is 41.4 Å². The number of nitrogens with zero attached hydrogens (tertiary/aromatic N) is 22. The first-order valence-corrected chi connectivity index (χ1v) is 46.2. The van der Waals surface area contributed by atoms with Crippen molar-refractivity contribution in [2.45, 2.75) is 130 Å². The maximum atomic E-state index is 13.7. The van der Waals surface area contributed by atoms with E-state index in [9.17, 15) is 17.6 Å². The molecule has 0 spiro atoms. The first kappa shape index (κ1) is 91.7. The van der Waals surface area contributed by atoms with Gasteiger partial charge in [-0.1, -0.05) is 43.3 Å². The molecule has 18 aromatic rings. The van der Waals surface area contributed by atoms with Crippen molar-refractivity contribution in [3.63, 3.8) is 0 Å². The van der Waals surface area contributed by atoms with Gasteiger partial charge in [0, 0.05) is 128 Å². The van der Waals surface area contributed by atoms with E-state index in [1.807, 2.05) is 108 Å². The predicted molar refractivity (Wildman–Crippen MR) is 524 cm³/mol. The Morgan fingerprint density at radius 2 is 0.655 bits per heavy atom. The molecule has 4 aliphatic rings. The van der Waals surface area contributed by atoms with Crippen LogP contribution in [0.5, 0.6) is 23.5 Å². The average molecular weight is 1870 g/mol. The predicted octanol–water partition coefficient (Wildman–Crippen LogP) is 19.9. The number of aryl methyl sites for hydroxylation is 10. The zero-order valence-electron chi connectivity index (χ0n) is 78.1. The molecule has 12 aromatic heterocycles. The number of para-hydroxylation sites is 2. The second-order valence-electron chi connectivity index (χ2n) is 34.4. The van der Waals surface area contributed by atoms with Gasteiger partial charge in [-0.25, -0.2) is 97.3 Å². The number of aromatic nitrogens is 22. The number of nitrogens with one attached hydrogen (secondary N) is 3. The largest absolute Gasteiger partial charge is 0.475 e. The Balaban J connectivity index is 0.000000118. The summed E-state index contributed by atoms with van der Waals surface area (Å²) < 4.78 is 88.1. The van der Waals surface area contributed by atoms with Gasteiger partial charge < -0.3 is 58.9 Å². The summed E-state index contributed by atoms with van der Waals surface area (Å²) >= 11 is 0. The molecular weight excluding hydrogens is 1770 g/mol. The number of pyridine rings is 2. The van der Waals surface area contributed by atoms with E-state index in [1.54, 1.807) is 99.8 Å². The van der Waals surface area contributed by atoms with Gasteiger partial charge >= 0.3 is 0 Å². The minimum Gasteiger partial charge on any atom is -0.475 e. The zero-order chi connectivity index (χ0) is 95.9.